The smallest absolute Gasteiger partial charge is 0.340 e. The lowest BCUT2D eigenvalue weighted by Crippen LogP contribution is -2.38. The van der Waals surface area contributed by atoms with Crippen LogP contribution in [-0.2, 0) is 4.74 Å². The van der Waals surface area contributed by atoms with Gasteiger partial charge in [-0.25, -0.2) is 4.79 Å². The Balaban J connectivity index is 1.69. The number of fused-ring (bicyclic) bond motifs is 1. The van der Waals surface area contributed by atoms with Crippen LogP contribution in [0, 0.1) is 0 Å². The second-order valence-electron chi connectivity index (χ2n) is 6.86. The van der Waals surface area contributed by atoms with E-state index in [2.05, 4.69) is 16.9 Å². The van der Waals surface area contributed by atoms with Crippen molar-refractivity contribution in [1.82, 2.24) is 9.88 Å². The molecule has 1 aliphatic heterocycles. The Hall–Kier alpha value is -2.72. The molecule has 4 rings (SSSR count). The number of nitrogens with zero attached hydrogens (tertiary/aromatic N) is 2. The summed E-state index contributed by atoms with van der Waals surface area (Å²) in [6.45, 7) is 1.85. The van der Waals surface area contributed by atoms with E-state index in [9.17, 15) is 4.79 Å². The average molecular weight is 346 g/mol. The number of carbonyl (C=O) groups excluding carboxylic acids is 1. The molecule has 4 nitrogen and oxygen atoms in total. The molecular formula is C22H22N2O2. The van der Waals surface area contributed by atoms with Gasteiger partial charge in [-0.05, 0) is 31.8 Å². The number of hydrogen-bond acceptors (Lipinski definition) is 4. The molecule has 1 unspecified atom stereocenters. The number of likely N-dealkylation sites (tertiary alicyclic amines) is 1. The van der Waals surface area contributed by atoms with Gasteiger partial charge >= 0.3 is 5.97 Å². The van der Waals surface area contributed by atoms with Crippen molar-refractivity contribution in [3.8, 4) is 11.3 Å². The van der Waals surface area contributed by atoms with Gasteiger partial charge in [-0.1, -0.05) is 54.6 Å². The largest absolute Gasteiger partial charge is 0.457 e. The first-order chi connectivity index (χ1) is 12.7. The van der Waals surface area contributed by atoms with Crippen LogP contribution >= 0.6 is 0 Å². The summed E-state index contributed by atoms with van der Waals surface area (Å²) in [6.07, 6.45) is 3.58. The third-order valence-corrected chi connectivity index (χ3v) is 4.92. The minimum absolute atomic E-state index is 0.0474. The number of pyridine rings is 1. The highest BCUT2D eigenvalue weighted by Gasteiger charge is 2.23. The fraction of sp³-hybridized carbons (Fsp3) is 0.273. The van der Waals surface area contributed by atoms with E-state index in [0.717, 1.165) is 48.0 Å². The van der Waals surface area contributed by atoms with E-state index in [1.165, 1.54) is 0 Å². The summed E-state index contributed by atoms with van der Waals surface area (Å²) in [5.74, 6) is -0.284. The molecule has 132 valence electrons. The lowest BCUT2D eigenvalue weighted by atomic mass is 10.0. The lowest BCUT2D eigenvalue weighted by molar-refractivity contribution is 0.0110. The molecule has 3 aromatic rings. The van der Waals surface area contributed by atoms with E-state index in [4.69, 9.17) is 4.74 Å². The van der Waals surface area contributed by atoms with Crippen LogP contribution in [0.4, 0.5) is 0 Å². The van der Waals surface area contributed by atoms with Gasteiger partial charge in [0.2, 0.25) is 0 Å². The van der Waals surface area contributed by atoms with Crippen molar-refractivity contribution in [2.24, 2.45) is 0 Å². The molecule has 0 amide bonds. The molecule has 2 aromatic carbocycles. The van der Waals surface area contributed by atoms with Gasteiger partial charge in [-0.2, -0.15) is 0 Å². The van der Waals surface area contributed by atoms with Crippen LogP contribution < -0.4 is 0 Å². The number of esters is 1. The number of likely N-dealkylation sites (N-methyl/N-ethyl adjacent to an activating group) is 1. The van der Waals surface area contributed by atoms with Crippen LogP contribution in [0.3, 0.4) is 0 Å². The van der Waals surface area contributed by atoms with Crippen LogP contribution in [0.2, 0.25) is 0 Å². The summed E-state index contributed by atoms with van der Waals surface area (Å²) in [5, 5.41) is 1.85. The molecule has 26 heavy (non-hydrogen) atoms. The van der Waals surface area contributed by atoms with Gasteiger partial charge in [0.15, 0.2) is 0 Å². The van der Waals surface area contributed by atoms with Crippen molar-refractivity contribution in [1.29, 1.82) is 0 Å². The molecule has 1 fully saturated rings. The van der Waals surface area contributed by atoms with Crippen molar-refractivity contribution in [2.45, 2.75) is 18.9 Å². The fourth-order valence-electron chi connectivity index (χ4n) is 3.61. The molecule has 1 aromatic heterocycles. The maximum atomic E-state index is 12.8. The summed E-state index contributed by atoms with van der Waals surface area (Å²) in [5.41, 5.74) is 2.46. The monoisotopic (exact) mass is 346 g/mol. The Morgan fingerprint density at radius 1 is 1.08 bits per heavy atom. The summed E-state index contributed by atoms with van der Waals surface area (Å²) >= 11 is 0. The summed E-state index contributed by atoms with van der Waals surface area (Å²) in [7, 11) is 2.06. The molecular weight excluding hydrogens is 324 g/mol. The van der Waals surface area contributed by atoms with Gasteiger partial charge in [-0.3, -0.25) is 4.98 Å². The normalized spacial score (nSPS) is 18.0. The summed E-state index contributed by atoms with van der Waals surface area (Å²) in [6, 6.07) is 17.9. The van der Waals surface area contributed by atoms with Crippen molar-refractivity contribution < 1.29 is 9.53 Å². The zero-order valence-corrected chi connectivity index (χ0v) is 14.9. The predicted octanol–water partition coefficient (Wildman–Crippen LogP) is 4.15. The van der Waals surface area contributed by atoms with E-state index < -0.39 is 0 Å². The summed E-state index contributed by atoms with van der Waals surface area (Å²) in [4.78, 5) is 19.6. The van der Waals surface area contributed by atoms with E-state index in [1.54, 1.807) is 6.20 Å². The van der Waals surface area contributed by atoms with Crippen LogP contribution in [0.25, 0.3) is 22.0 Å². The lowest BCUT2D eigenvalue weighted by Gasteiger charge is -2.29. The standard InChI is InChI=1S/C22H22N2O2/c1-24-13-7-10-17(15-24)26-22(25)20-14-23-21(16-8-3-2-4-9-16)19-12-6-5-11-18(19)20/h2-6,8-9,11-12,14,17H,7,10,13,15H2,1H3. The first-order valence-electron chi connectivity index (χ1n) is 9.05. The van der Waals surface area contributed by atoms with Gasteiger partial charge in [0.1, 0.15) is 6.10 Å². The quantitative estimate of drug-likeness (QED) is 0.668. The molecule has 0 bridgehead atoms. The van der Waals surface area contributed by atoms with Gasteiger partial charge in [0.05, 0.1) is 11.3 Å². The Kier molecular flexibility index (Phi) is 4.67. The highest BCUT2D eigenvalue weighted by Crippen LogP contribution is 2.29. The predicted molar refractivity (Wildman–Crippen MR) is 103 cm³/mol. The van der Waals surface area contributed by atoms with Crippen molar-refractivity contribution in [3.05, 3.63) is 66.4 Å². The van der Waals surface area contributed by atoms with Crippen LogP contribution in [0.5, 0.6) is 0 Å². The first-order valence-corrected chi connectivity index (χ1v) is 9.05. The minimum Gasteiger partial charge on any atom is -0.457 e. The molecule has 0 spiro atoms. The number of aromatic nitrogens is 1. The van der Waals surface area contributed by atoms with Gasteiger partial charge < -0.3 is 9.64 Å². The number of hydrogen-bond donors (Lipinski definition) is 0. The van der Waals surface area contributed by atoms with Crippen LogP contribution in [0.1, 0.15) is 23.2 Å². The molecule has 0 saturated carbocycles. The molecule has 0 aliphatic carbocycles. The highest BCUT2D eigenvalue weighted by molar-refractivity contribution is 6.07. The number of benzene rings is 2. The number of carbonyl (C=O) groups is 1. The molecule has 1 atom stereocenters. The first kappa shape index (κ1) is 16.7. The average Bonchev–Trinajstić information content (AvgIpc) is 2.68. The second kappa shape index (κ2) is 7.26. The number of rotatable bonds is 3. The Labute approximate surface area is 153 Å². The molecule has 4 heteroatoms. The highest BCUT2D eigenvalue weighted by atomic mass is 16.5. The summed E-state index contributed by atoms with van der Waals surface area (Å²) < 4.78 is 5.78. The van der Waals surface area contributed by atoms with Crippen LogP contribution in [-0.4, -0.2) is 42.1 Å². The van der Waals surface area contributed by atoms with Gasteiger partial charge in [-0.15, -0.1) is 0 Å². The molecule has 2 heterocycles. The Bertz CT molecular complexity index is 924. The molecule has 0 radical (unpaired) electrons. The number of ether oxygens (including phenoxy) is 1. The van der Waals surface area contributed by atoms with Gasteiger partial charge in [0, 0.05) is 23.7 Å². The maximum absolute atomic E-state index is 12.8. The maximum Gasteiger partial charge on any atom is 0.340 e. The third kappa shape index (κ3) is 3.33. The fourth-order valence-corrected chi connectivity index (χ4v) is 3.61. The zero-order valence-electron chi connectivity index (χ0n) is 14.9. The second-order valence-corrected chi connectivity index (χ2v) is 6.86. The molecule has 0 N–H and O–H groups in total. The van der Waals surface area contributed by atoms with Crippen LogP contribution in [0.15, 0.2) is 60.8 Å². The van der Waals surface area contributed by atoms with E-state index >= 15 is 0 Å². The minimum atomic E-state index is -0.284. The molecule has 1 aliphatic rings. The van der Waals surface area contributed by atoms with Crippen molar-refractivity contribution in [3.63, 3.8) is 0 Å². The Morgan fingerprint density at radius 2 is 1.81 bits per heavy atom. The van der Waals surface area contributed by atoms with E-state index in [1.807, 2.05) is 54.6 Å². The number of piperidine rings is 1. The van der Waals surface area contributed by atoms with Crippen molar-refractivity contribution >= 4 is 16.7 Å². The van der Waals surface area contributed by atoms with Crippen molar-refractivity contribution in [2.75, 3.05) is 20.1 Å². The Morgan fingerprint density at radius 3 is 2.58 bits per heavy atom. The van der Waals surface area contributed by atoms with E-state index in [-0.39, 0.29) is 12.1 Å². The third-order valence-electron chi connectivity index (χ3n) is 4.92. The van der Waals surface area contributed by atoms with Gasteiger partial charge in [0.25, 0.3) is 0 Å². The zero-order chi connectivity index (χ0) is 17.9. The molecule has 1 saturated heterocycles. The SMILES string of the molecule is CN1CCCC(OC(=O)c2cnc(-c3ccccc3)c3ccccc23)C1. The van der Waals surface area contributed by atoms with E-state index in [0.29, 0.717) is 5.56 Å². The topological polar surface area (TPSA) is 42.4 Å².